The summed E-state index contributed by atoms with van der Waals surface area (Å²) in [6.45, 7) is 4.79. The maximum absolute atomic E-state index is 12.3. The van der Waals surface area contributed by atoms with Crippen molar-refractivity contribution in [2.45, 2.75) is 20.4 Å². The SMILES string of the molecule is Cc1cc(C)cc(OCCn2nnc3ccccc3c2=O)c1. The smallest absolute Gasteiger partial charge is 0.277 e. The molecule has 1 heterocycles. The van der Waals surface area contributed by atoms with Crippen molar-refractivity contribution < 1.29 is 4.74 Å². The second kappa shape index (κ2) is 5.97. The van der Waals surface area contributed by atoms with Gasteiger partial charge in [-0.05, 0) is 49.2 Å². The van der Waals surface area contributed by atoms with E-state index < -0.39 is 0 Å². The fraction of sp³-hybridized carbons (Fsp3) is 0.235. The summed E-state index contributed by atoms with van der Waals surface area (Å²) in [6, 6.07) is 13.2. The Kier molecular flexibility index (Phi) is 3.87. The predicted octanol–water partition coefficient (Wildman–Crippen LogP) is 2.49. The van der Waals surface area contributed by atoms with Crippen LogP contribution in [0.3, 0.4) is 0 Å². The van der Waals surface area contributed by atoms with Crippen molar-refractivity contribution in [1.29, 1.82) is 0 Å². The molecule has 3 rings (SSSR count). The van der Waals surface area contributed by atoms with Gasteiger partial charge in [0.2, 0.25) is 0 Å². The number of rotatable bonds is 4. The molecule has 2 aromatic carbocycles. The van der Waals surface area contributed by atoms with Gasteiger partial charge < -0.3 is 4.74 Å². The molecule has 0 bridgehead atoms. The van der Waals surface area contributed by atoms with Crippen LogP contribution in [0.15, 0.2) is 47.3 Å². The summed E-state index contributed by atoms with van der Waals surface area (Å²) >= 11 is 0. The lowest BCUT2D eigenvalue weighted by Gasteiger charge is -2.09. The van der Waals surface area contributed by atoms with E-state index in [1.807, 2.05) is 38.1 Å². The molecular formula is C17H17N3O2. The van der Waals surface area contributed by atoms with Crippen LogP contribution < -0.4 is 10.3 Å². The van der Waals surface area contributed by atoms with Crippen LogP contribution in [0, 0.1) is 13.8 Å². The topological polar surface area (TPSA) is 57.0 Å². The molecule has 0 atom stereocenters. The summed E-state index contributed by atoms with van der Waals surface area (Å²) in [4.78, 5) is 12.3. The lowest BCUT2D eigenvalue weighted by atomic mass is 10.1. The van der Waals surface area contributed by atoms with Crippen LogP contribution in [0.1, 0.15) is 11.1 Å². The van der Waals surface area contributed by atoms with Gasteiger partial charge in [0.25, 0.3) is 5.56 Å². The molecule has 0 saturated heterocycles. The molecule has 1 aromatic heterocycles. The van der Waals surface area contributed by atoms with E-state index in [4.69, 9.17) is 4.74 Å². The van der Waals surface area contributed by atoms with E-state index in [0.717, 1.165) is 16.9 Å². The van der Waals surface area contributed by atoms with Gasteiger partial charge in [-0.1, -0.05) is 23.4 Å². The monoisotopic (exact) mass is 295 g/mol. The fourth-order valence-corrected chi connectivity index (χ4v) is 2.44. The summed E-state index contributed by atoms with van der Waals surface area (Å²) in [5.74, 6) is 0.805. The van der Waals surface area contributed by atoms with Gasteiger partial charge in [-0.3, -0.25) is 4.79 Å². The molecule has 0 radical (unpaired) electrons. The lowest BCUT2D eigenvalue weighted by molar-refractivity contribution is 0.285. The van der Waals surface area contributed by atoms with Gasteiger partial charge in [-0.2, -0.15) is 0 Å². The molecule has 3 aromatic rings. The number of aromatic nitrogens is 3. The Morgan fingerprint density at radius 2 is 1.82 bits per heavy atom. The predicted molar refractivity (Wildman–Crippen MR) is 85.2 cm³/mol. The second-order valence-electron chi connectivity index (χ2n) is 5.31. The van der Waals surface area contributed by atoms with Gasteiger partial charge >= 0.3 is 0 Å². The summed E-state index contributed by atoms with van der Waals surface area (Å²) in [6.07, 6.45) is 0. The standard InChI is InChI=1S/C17H17N3O2/c1-12-9-13(2)11-14(10-12)22-8-7-20-17(21)15-5-3-4-6-16(15)18-19-20/h3-6,9-11H,7-8H2,1-2H3. The number of benzene rings is 2. The zero-order valence-corrected chi connectivity index (χ0v) is 12.6. The molecule has 0 saturated carbocycles. The molecule has 0 N–H and O–H groups in total. The molecule has 112 valence electrons. The summed E-state index contributed by atoms with van der Waals surface area (Å²) < 4.78 is 7.05. The quantitative estimate of drug-likeness (QED) is 0.742. The highest BCUT2D eigenvalue weighted by molar-refractivity contribution is 5.76. The van der Waals surface area contributed by atoms with Gasteiger partial charge in [0, 0.05) is 0 Å². The molecule has 0 fully saturated rings. The highest BCUT2D eigenvalue weighted by atomic mass is 16.5. The van der Waals surface area contributed by atoms with E-state index in [1.165, 1.54) is 4.68 Å². The fourth-order valence-electron chi connectivity index (χ4n) is 2.44. The van der Waals surface area contributed by atoms with Crippen LogP contribution in [0.25, 0.3) is 10.9 Å². The Balaban J connectivity index is 1.74. The minimum Gasteiger partial charge on any atom is -0.492 e. The van der Waals surface area contributed by atoms with Crippen molar-refractivity contribution in [2.75, 3.05) is 6.61 Å². The van der Waals surface area contributed by atoms with Crippen molar-refractivity contribution in [2.24, 2.45) is 0 Å². The average Bonchev–Trinajstić information content (AvgIpc) is 2.49. The van der Waals surface area contributed by atoms with Gasteiger partial charge in [-0.15, -0.1) is 5.10 Å². The Bertz CT molecular complexity index is 851. The lowest BCUT2D eigenvalue weighted by Crippen LogP contribution is -2.26. The first-order valence-corrected chi connectivity index (χ1v) is 7.17. The van der Waals surface area contributed by atoms with Gasteiger partial charge in [0.15, 0.2) is 0 Å². The van der Waals surface area contributed by atoms with E-state index in [9.17, 15) is 4.79 Å². The van der Waals surface area contributed by atoms with Crippen molar-refractivity contribution in [3.63, 3.8) is 0 Å². The zero-order chi connectivity index (χ0) is 15.5. The van der Waals surface area contributed by atoms with Crippen LogP contribution >= 0.6 is 0 Å². The summed E-state index contributed by atoms with van der Waals surface area (Å²) in [5, 5.41) is 8.57. The Labute approximate surface area is 128 Å². The van der Waals surface area contributed by atoms with Gasteiger partial charge in [0.05, 0.1) is 11.9 Å². The number of ether oxygens (including phenoxy) is 1. The van der Waals surface area contributed by atoms with Crippen molar-refractivity contribution in [3.05, 3.63) is 63.9 Å². The largest absolute Gasteiger partial charge is 0.492 e. The van der Waals surface area contributed by atoms with E-state index in [2.05, 4.69) is 16.4 Å². The third-order valence-corrected chi connectivity index (χ3v) is 3.40. The van der Waals surface area contributed by atoms with Crippen LogP contribution in [0.4, 0.5) is 0 Å². The molecule has 5 nitrogen and oxygen atoms in total. The van der Waals surface area contributed by atoms with Crippen molar-refractivity contribution in [3.8, 4) is 5.75 Å². The van der Waals surface area contributed by atoms with E-state index in [-0.39, 0.29) is 5.56 Å². The Morgan fingerprint density at radius 1 is 1.09 bits per heavy atom. The normalized spacial score (nSPS) is 10.8. The first kappa shape index (κ1) is 14.3. The number of fused-ring (bicyclic) bond motifs is 1. The van der Waals surface area contributed by atoms with E-state index in [0.29, 0.717) is 24.1 Å². The Morgan fingerprint density at radius 3 is 2.59 bits per heavy atom. The van der Waals surface area contributed by atoms with Crippen molar-refractivity contribution in [1.82, 2.24) is 15.0 Å². The molecule has 22 heavy (non-hydrogen) atoms. The Hall–Kier alpha value is -2.69. The molecule has 0 aliphatic heterocycles. The molecule has 0 amide bonds. The van der Waals surface area contributed by atoms with Crippen molar-refractivity contribution >= 4 is 10.9 Å². The first-order valence-electron chi connectivity index (χ1n) is 7.17. The van der Waals surface area contributed by atoms with Crippen LogP contribution in [0.5, 0.6) is 5.75 Å². The molecular weight excluding hydrogens is 278 g/mol. The number of hydrogen-bond donors (Lipinski definition) is 0. The maximum atomic E-state index is 12.3. The van der Waals surface area contributed by atoms with Crippen LogP contribution in [-0.2, 0) is 6.54 Å². The second-order valence-corrected chi connectivity index (χ2v) is 5.31. The molecule has 0 aliphatic rings. The zero-order valence-electron chi connectivity index (χ0n) is 12.6. The molecule has 0 spiro atoms. The van der Waals surface area contributed by atoms with Gasteiger partial charge in [0.1, 0.15) is 17.9 Å². The molecule has 0 unspecified atom stereocenters. The molecule has 5 heteroatoms. The van der Waals surface area contributed by atoms with Crippen LogP contribution in [0.2, 0.25) is 0 Å². The highest BCUT2D eigenvalue weighted by Crippen LogP contribution is 2.16. The first-order chi connectivity index (χ1) is 10.6. The number of hydrogen-bond acceptors (Lipinski definition) is 4. The minimum atomic E-state index is -0.144. The highest BCUT2D eigenvalue weighted by Gasteiger charge is 2.05. The van der Waals surface area contributed by atoms with E-state index >= 15 is 0 Å². The van der Waals surface area contributed by atoms with E-state index in [1.54, 1.807) is 12.1 Å². The van der Waals surface area contributed by atoms with Crippen LogP contribution in [-0.4, -0.2) is 21.6 Å². The average molecular weight is 295 g/mol. The number of nitrogens with zero attached hydrogens (tertiary/aromatic N) is 3. The third-order valence-electron chi connectivity index (χ3n) is 3.40. The number of aryl methyl sites for hydroxylation is 2. The van der Waals surface area contributed by atoms with Gasteiger partial charge in [-0.25, -0.2) is 4.68 Å². The molecule has 0 aliphatic carbocycles. The summed E-state index contributed by atoms with van der Waals surface area (Å²) in [7, 11) is 0. The minimum absolute atomic E-state index is 0.144. The third kappa shape index (κ3) is 2.98. The summed E-state index contributed by atoms with van der Waals surface area (Å²) in [5.41, 5.74) is 2.77. The maximum Gasteiger partial charge on any atom is 0.277 e.